The molecule has 0 spiro atoms. The molecule has 1 unspecified atom stereocenters. The van der Waals surface area contributed by atoms with Crippen LogP contribution in [0.5, 0.6) is 0 Å². The zero-order valence-electron chi connectivity index (χ0n) is 14.9. The van der Waals surface area contributed by atoms with Gasteiger partial charge in [-0.3, -0.25) is 0 Å². The van der Waals surface area contributed by atoms with Crippen LogP contribution in [0.15, 0.2) is 70.4 Å². The number of hydrogen-bond acceptors (Lipinski definition) is 2. The summed E-state index contributed by atoms with van der Waals surface area (Å²) in [6.07, 6.45) is 16.9. The Morgan fingerprint density at radius 1 is 1.12 bits per heavy atom. The first kappa shape index (κ1) is 15.0. The lowest BCUT2D eigenvalue weighted by Crippen LogP contribution is -2.40. The summed E-state index contributed by atoms with van der Waals surface area (Å²) in [5.41, 5.74) is 6.73. The van der Waals surface area contributed by atoms with Crippen LogP contribution in [-0.4, -0.2) is 28.0 Å². The zero-order valence-corrected chi connectivity index (χ0v) is 14.9. The van der Waals surface area contributed by atoms with E-state index in [1.54, 1.807) is 6.08 Å². The maximum atomic E-state index is 9.92. The summed E-state index contributed by atoms with van der Waals surface area (Å²) in [5, 5.41) is 9.92. The molecular weight excluding hydrogens is 310 g/mol. The molecule has 0 aromatic rings. The monoisotopic (exact) mass is 334 g/mol. The van der Waals surface area contributed by atoms with Crippen molar-refractivity contribution in [1.82, 2.24) is 0 Å². The van der Waals surface area contributed by atoms with Crippen LogP contribution in [0.1, 0.15) is 39.5 Å². The van der Waals surface area contributed by atoms with Crippen molar-refractivity contribution in [2.45, 2.75) is 45.6 Å². The van der Waals surface area contributed by atoms with Gasteiger partial charge >= 0.3 is 0 Å². The van der Waals surface area contributed by atoms with E-state index in [9.17, 15) is 5.11 Å². The van der Waals surface area contributed by atoms with E-state index in [0.717, 1.165) is 43.6 Å². The molecule has 0 saturated heterocycles. The molecule has 3 heteroatoms. The van der Waals surface area contributed by atoms with Gasteiger partial charge in [-0.2, -0.15) is 4.58 Å². The number of aliphatic hydroxyl groups excluding tert-OH is 1. The first-order chi connectivity index (χ1) is 12.1. The van der Waals surface area contributed by atoms with Crippen LogP contribution in [0.3, 0.4) is 0 Å². The molecule has 0 amide bonds. The Hall–Kier alpha value is -2.29. The highest BCUT2D eigenvalue weighted by Crippen LogP contribution is 2.48. The van der Waals surface area contributed by atoms with Gasteiger partial charge in [0.15, 0.2) is 12.3 Å². The molecule has 5 aliphatic rings. The van der Waals surface area contributed by atoms with E-state index in [-0.39, 0.29) is 11.5 Å². The molecular formula is C22H24NO2+. The van der Waals surface area contributed by atoms with Crippen LogP contribution in [-0.2, 0) is 4.74 Å². The number of rotatable bonds is 0. The van der Waals surface area contributed by atoms with Gasteiger partial charge in [-0.1, -0.05) is 12.2 Å². The normalized spacial score (nSPS) is 29.3. The topological polar surface area (TPSA) is 32.5 Å². The minimum absolute atomic E-state index is 0.0208. The SMILES string of the molecule is CC1(C)C2=CCCC=C2[N+]2=C1C1=CC3=CCC=C(O)C=C3OC1CC2. The van der Waals surface area contributed by atoms with Crippen LogP contribution in [0.2, 0.25) is 0 Å². The second-order valence-electron chi connectivity index (χ2n) is 7.94. The number of hydrogen-bond donors (Lipinski definition) is 1. The van der Waals surface area contributed by atoms with Crippen LogP contribution in [0, 0.1) is 5.41 Å². The Morgan fingerprint density at radius 2 is 1.96 bits per heavy atom. The zero-order chi connectivity index (χ0) is 17.2. The summed E-state index contributed by atoms with van der Waals surface area (Å²) in [6, 6.07) is 0. The van der Waals surface area contributed by atoms with Crippen molar-refractivity contribution in [2.24, 2.45) is 5.41 Å². The molecule has 1 N–H and O–H groups in total. The molecule has 0 saturated carbocycles. The molecule has 1 atom stereocenters. The van der Waals surface area contributed by atoms with Crippen molar-refractivity contribution in [3.8, 4) is 0 Å². The van der Waals surface area contributed by atoms with E-state index in [1.807, 2.05) is 6.08 Å². The predicted octanol–water partition coefficient (Wildman–Crippen LogP) is 4.47. The highest BCUT2D eigenvalue weighted by Gasteiger charge is 2.54. The van der Waals surface area contributed by atoms with E-state index in [0.29, 0.717) is 5.76 Å². The molecule has 3 nitrogen and oxygen atoms in total. The van der Waals surface area contributed by atoms with Gasteiger partial charge in [0.05, 0.1) is 11.0 Å². The fraction of sp³-hybridized carbons (Fsp3) is 0.409. The molecule has 128 valence electrons. The van der Waals surface area contributed by atoms with Crippen LogP contribution < -0.4 is 0 Å². The highest BCUT2D eigenvalue weighted by molar-refractivity contribution is 6.06. The van der Waals surface area contributed by atoms with Gasteiger partial charge in [0.2, 0.25) is 5.70 Å². The third kappa shape index (κ3) is 2.08. The Labute approximate surface area is 148 Å². The maximum absolute atomic E-state index is 9.92. The van der Waals surface area contributed by atoms with Crippen molar-refractivity contribution >= 4 is 5.71 Å². The average Bonchev–Trinajstić information content (AvgIpc) is 2.71. The summed E-state index contributed by atoms with van der Waals surface area (Å²) in [5.74, 6) is 1.10. The van der Waals surface area contributed by atoms with Crippen LogP contribution >= 0.6 is 0 Å². The lowest BCUT2D eigenvalue weighted by atomic mass is 9.74. The van der Waals surface area contributed by atoms with Gasteiger partial charge in [0.25, 0.3) is 0 Å². The lowest BCUT2D eigenvalue weighted by molar-refractivity contribution is -0.475. The van der Waals surface area contributed by atoms with Crippen molar-refractivity contribution < 1.29 is 14.4 Å². The summed E-state index contributed by atoms with van der Waals surface area (Å²) in [4.78, 5) is 0. The van der Waals surface area contributed by atoms with E-state index < -0.39 is 0 Å². The Morgan fingerprint density at radius 3 is 2.84 bits per heavy atom. The van der Waals surface area contributed by atoms with Gasteiger partial charge in [-0.05, 0) is 51.3 Å². The second kappa shape index (κ2) is 5.10. The minimum atomic E-state index is 0.0208. The van der Waals surface area contributed by atoms with Crippen molar-refractivity contribution in [1.29, 1.82) is 0 Å². The largest absolute Gasteiger partial charge is 0.508 e. The first-order valence-electron chi connectivity index (χ1n) is 9.32. The first-order valence-corrected chi connectivity index (χ1v) is 9.32. The summed E-state index contributed by atoms with van der Waals surface area (Å²) < 4.78 is 8.86. The van der Waals surface area contributed by atoms with E-state index in [1.165, 1.54) is 22.6 Å². The third-order valence-electron chi connectivity index (χ3n) is 6.00. The van der Waals surface area contributed by atoms with Crippen molar-refractivity contribution in [3.63, 3.8) is 0 Å². The molecule has 2 aliphatic carbocycles. The molecule has 0 radical (unpaired) electrons. The third-order valence-corrected chi connectivity index (χ3v) is 6.00. The fourth-order valence-electron chi connectivity index (χ4n) is 4.90. The van der Waals surface area contributed by atoms with Gasteiger partial charge in [-0.25, -0.2) is 0 Å². The number of ether oxygens (including phenoxy) is 1. The second-order valence-corrected chi connectivity index (χ2v) is 7.94. The van der Waals surface area contributed by atoms with Gasteiger partial charge < -0.3 is 9.84 Å². The molecule has 0 aromatic heterocycles. The molecule has 25 heavy (non-hydrogen) atoms. The minimum Gasteiger partial charge on any atom is -0.508 e. The summed E-state index contributed by atoms with van der Waals surface area (Å²) >= 11 is 0. The number of allylic oxidation sites excluding steroid dienone is 7. The molecule has 0 bridgehead atoms. The van der Waals surface area contributed by atoms with Gasteiger partial charge in [0, 0.05) is 23.6 Å². The van der Waals surface area contributed by atoms with E-state index >= 15 is 0 Å². The summed E-state index contributed by atoms with van der Waals surface area (Å²) in [6.45, 7) is 5.69. The summed E-state index contributed by atoms with van der Waals surface area (Å²) in [7, 11) is 0. The predicted molar refractivity (Wildman–Crippen MR) is 98.4 cm³/mol. The molecule has 5 rings (SSSR count). The fourth-order valence-corrected chi connectivity index (χ4v) is 4.90. The van der Waals surface area contributed by atoms with E-state index in [4.69, 9.17) is 4.74 Å². The standard InChI is InChI=1S/C22H23NO2/c1-22(2)17-8-3-4-9-18(17)23-11-10-19-16(21(22)23)12-14-6-5-7-15(24)13-20(14)25-19/h6-9,12-13,19H,3-5,10-11H2,1-2H3/p+1. The number of aliphatic hydroxyl groups is 1. The molecule has 3 heterocycles. The maximum Gasteiger partial charge on any atom is 0.205 e. The Balaban J connectivity index is 1.67. The average molecular weight is 334 g/mol. The van der Waals surface area contributed by atoms with Crippen molar-refractivity contribution in [3.05, 3.63) is 70.4 Å². The quantitative estimate of drug-likeness (QED) is 0.663. The van der Waals surface area contributed by atoms with E-state index in [2.05, 4.69) is 42.7 Å². The number of fused-ring (bicyclic) bond motifs is 5. The number of nitrogens with zero attached hydrogens (tertiary/aromatic N) is 1. The molecule has 0 fully saturated rings. The molecule has 0 aromatic carbocycles. The highest BCUT2D eigenvalue weighted by atomic mass is 16.5. The van der Waals surface area contributed by atoms with Gasteiger partial charge in [-0.15, -0.1) is 0 Å². The smallest absolute Gasteiger partial charge is 0.205 e. The Kier molecular flexibility index (Phi) is 3.06. The van der Waals surface area contributed by atoms with Crippen molar-refractivity contribution in [2.75, 3.05) is 6.54 Å². The lowest BCUT2D eigenvalue weighted by Gasteiger charge is -2.32. The molecule has 3 aliphatic heterocycles. The van der Waals surface area contributed by atoms with Crippen LogP contribution in [0.25, 0.3) is 0 Å². The Bertz CT molecular complexity index is 887. The van der Waals surface area contributed by atoms with Crippen LogP contribution in [0.4, 0.5) is 0 Å². The van der Waals surface area contributed by atoms with Gasteiger partial charge in [0.1, 0.15) is 17.6 Å².